The topological polar surface area (TPSA) is 58.2 Å². The van der Waals surface area contributed by atoms with E-state index in [0.29, 0.717) is 24.6 Å². The molecular formula is C13H26N2O2S2. The first kappa shape index (κ1) is 18.8. The summed E-state index contributed by atoms with van der Waals surface area (Å²) in [5.74, 6) is 0.598. The fraction of sp³-hybridized carbons (Fsp3) is 0.846. The Kier molecular flexibility index (Phi) is 8.08. The molecule has 0 radical (unpaired) electrons. The van der Waals surface area contributed by atoms with Crippen molar-refractivity contribution in [2.45, 2.75) is 39.7 Å². The van der Waals surface area contributed by atoms with Crippen LogP contribution >= 0.6 is 25.3 Å². The molecular weight excluding hydrogens is 280 g/mol. The molecule has 0 aromatic carbocycles. The molecule has 2 atom stereocenters. The van der Waals surface area contributed by atoms with Crippen LogP contribution in [-0.2, 0) is 9.59 Å². The van der Waals surface area contributed by atoms with Crippen LogP contribution in [0.1, 0.15) is 34.1 Å². The van der Waals surface area contributed by atoms with Gasteiger partial charge in [-0.3, -0.25) is 9.59 Å². The smallest absolute Gasteiger partial charge is 0.227 e. The molecule has 0 aromatic heterocycles. The van der Waals surface area contributed by atoms with Gasteiger partial charge in [0.15, 0.2) is 5.78 Å². The van der Waals surface area contributed by atoms with Crippen LogP contribution in [0.5, 0.6) is 0 Å². The number of Topliss-reactive ketones (excluding diaryl/α,β-unsaturated/α-hetero) is 1. The van der Waals surface area contributed by atoms with E-state index < -0.39 is 11.0 Å². The van der Waals surface area contributed by atoms with Crippen LogP contribution in [0.3, 0.4) is 0 Å². The average Bonchev–Trinajstić information content (AvgIpc) is 2.38. The number of rotatable bonds is 9. The van der Waals surface area contributed by atoms with Gasteiger partial charge in [0, 0.05) is 24.5 Å². The molecule has 6 heteroatoms. The lowest BCUT2D eigenvalue weighted by atomic mass is 9.81. The monoisotopic (exact) mass is 306 g/mol. The lowest BCUT2D eigenvalue weighted by molar-refractivity contribution is -0.135. The van der Waals surface area contributed by atoms with Crippen molar-refractivity contribution in [2.24, 2.45) is 5.41 Å². The maximum Gasteiger partial charge on any atom is 0.227 e. The van der Waals surface area contributed by atoms with E-state index in [1.165, 1.54) is 0 Å². The fourth-order valence-corrected chi connectivity index (χ4v) is 2.31. The molecule has 4 nitrogen and oxygen atoms in total. The Morgan fingerprint density at radius 2 is 1.63 bits per heavy atom. The second-order valence-electron chi connectivity index (χ2n) is 5.20. The minimum absolute atomic E-state index is 0.00727. The Balaban J connectivity index is 4.96. The third-order valence-corrected chi connectivity index (χ3v) is 4.61. The summed E-state index contributed by atoms with van der Waals surface area (Å²) in [5, 5.41) is 5.91. The highest BCUT2D eigenvalue weighted by atomic mass is 32.1. The maximum atomic E-state index is 12.4. The zero-order valence-corrected chi connectivity index (χ0v) is 14.0. The van der Waals surface area contributed by atoms with E-state index in [9.17, 15) is 9.59 Å². The minimum Gasteiger partial charge on any atom is -0.356 e. The number of likely N-dealkylation sites (N-methyl/N-ethyl adjacent to an activating group) is 1. The highest BCUT2D eigenvalue weighted by Crippen LogP contribution is 2.27. The minimum atomic E-state index is -0.782. The predicted molar refractivity (Wildman–Crippen MR) is 86.2 cm³/mol. The van der Waals surface area contributed by atoms with Gasteiger partial charge in [0.2, 0.25) is 5.91 Å². The molecule has 1 amide bonds. The third kappa shape index (κ3) is 5.00. The van der Waals surface area contributed by atoms with Gasteiger partial charge in [-0.25, -0.2) is 0 Å². The molecule has 0 unspecified atom stereocenters. The van der Waals surface area contributed by atoms with Crippen molar-refractivity contribution >= 4 is 36.9 Å². The van der Waals surface area contributed by atoms with Crippen LogP contribution in [0.4, 0.5) is 0 Å². The van der Waals surface area contributed by atoms with Crippen molar-refractivity contribution < 1.29 is 9.59 Å². The van der Waals surface area contributed by atoms with Gasteiger partial charge in [-0.05, 0) is 27.3 Å². The summed E-state index contributed by atoms with van der Waals surface area (Å²) in [5.41, 5.74) is -1.48. The van der Waals surface area contributed by atoms with Crippen molar-refractivity contribution in [2.75, 3.05) is 24.6 Å². The summed E-state index contributed by atoms with van der Waals surface area (Å²) in [6.45, 7) is 8.62. The molecule has 0 saturated heterocycles. The molecule has 0 aromatic rings. The van der Waals surface area contributed by atoms with Crippen LogP contribution in [0.15, 0.2) is 0 Å². The van der Waals surface area contributed by atoms with Gasteiger partial charge < -0.3 is 10.6 Å². The Morgan fingerprint density at radius 3 is 2.00 bits per heavy atom. The zero-order valence-electron chi connectivity index (χ0n) is 12.2. The van der Waals surface area contributed by atoms with Crippen molar-refractivity contribution in [1.29, 1.82) is 0 Å². The molecule has 0 saturated carbocycles. The summed E-state index contributed by atoms with van der Waals surface area (Å²) in [6.07, 6.45) is 0.159. The lowest BCUT2D eigenvalue weighted by Crippen LogP contribution is -2.54. The number of thiol groups is 2. The van der Waals surface area contributed by atoms with Crippen LogP contribution in [0, 0.1) is 5.41 Å². The van der Waals surface area contributed by atoms with E-state index in [1.807, 2.05) is 20.8 Å². The standard InChI is InChI=1S/C13H26N2O2S2/c1-5-14-11(17)12(3,8-18)7-10(16)13(4,9-19)15-6-2/h15,18-19H,5-9H2,1-4H3,(H,14,17)/t12-,13+/m1/s1. The molecule has 2 N–H and O–H groups in total. The SMILES string of the molecule is CCNC(=O)[C@@](C)(CS)CC(=O)[C@](C)(CS)NCC. The van der Waals surface area contributed by atoms with E-state index in [-0.39, 0.29) is 18.1 Å². The number of amides is 1. The molecule has 0 rings (SSSR count). The molecule has 0 heterocycles. The van der Waals surface area contributed by atoms with Crippen LogP contribution in [-0.4, -0.2) is 41.8 Å². The largest absolute Gasteiger partial charge is 0.356 e. The van der Waals surface area contributed by atoms with Gasteiger partial charge in [-0.1, -0.05) is 6.92 Å². The second kappa shape index (κ2) is 8.17. The van der Waals surface area contributed by atoms with Gasteiger partial charge in [-0.2, -0.15) is 25.3 Å². The summed E-state index contributed by atoms with van der Waals surface area (Å²) in [7, 11) is 0. The fourth-order valence-electron chi connectivity index (χ4n) is 1.76. The molecule has 0 aliphatic rings. The van der Waals surface area contributed by atoms with Crippen molar-refractivity contribution in [3.05, 3.63) is 0 Å². The number of hydrogen-bond acceptors (Lipinski definition) is 5. The summed E-state index contributed by atoms with van der Waals surface area (Å²) in [6, 6.07) is 0. The van der Waals surface area contributed by atoms with Gasteiger partial charge in [0.05, 0.1) is 11.0 Å². The van der Waals surface area contributed by atoms with Gasteiger partial charge in [0.1, 0.15) is 0 Å². The van der Waals surface area contributed by atoms with Crippen molar-refractivity contribution in [1.82, 2.24) is 10.6 Å². The van der Waals surface area contributed by atoms with Crippen molar-refractivity contribution in [3.8, 4) is 0 Å². The number of carbonyl (C=O) groups excluding carboxylic acids is 2. The first-order valence-electron chi connectivity index (χ1n) is 6.58. The van der Waals surface area contributed by atoms with E-state index >= 15 is 0 Å². The highest BCUT2D eigenvalue weighted by Gasteiger charge is 2.40. The van der Waals surface area contributed by atoms with Crippen LogP contribution in [0.2, 0.25) is 0 Å². The molecule has 0 bridgehead atoms. The van der Waals surface area contributed by atoms with E-state index in [0.717, 1.165) is 0 Å². The molecule has 0 aliphatic heterocycles. The number of carbonyl (C=O) groups is 2. The quantitative estimate of drug-likeness (QED) is 0.486. The molecule has 19 heavy (non-hydrogen) atoms. The maximum absolute atomic E-state index is 12.4. The van der Waals surface area contributed by atoms with E-state index in [2.05, 4.69) is 35.9 Å². The van der Waals surface area contributed by atoms with E-state index in [1.54, 1.807) is 6.92 Å². The normalized spacial score (nSPS) is 17.4. The Hall–Kier alpha value is -0.200. The van der Waals surface area contributed by atoms with E-state index in [4.69, 9.17) is 0 Å². The molecule has 0 spiro atoms. The van der Waals surface area contributed by atoms with Crippen LogP contribution in [0.25, 0.3) is 0 Å². The zero-order chi connectivity index (χ0) is 15.1. The Labute approximate surface area is 127 Å². The molecule has 0 fully saturated rings. The first-order valence-corrected chi connectivity index (χ1v) is 7.84. The van der Waals surface area contributed by atoms with Crippen molar-refractivity contribution in [3.63, 3.8) is 0 Å². The summed E-state index contributed by atoms with van der Waals surface area (Å²) < 4.78 is 0. The Bertz CT molecular complexity index is 326. The Morgan fingerprint density at radius 1 is 1.05 bits per heavy atom. The third-order valence-electron chi connectivity index (χ3n) is 3.28. The number of ketones is 1. The molecule has 112 valence electrons. The highest BCUT2D eigenvalue weighted by molar-refractivity contribution is 7.80. The summed E-state index contributed by atoms with van der Waals surface area (Å²) in [4.78, 5) is 24.5. The van der Waals surface area contributed by atoms with Crippen LogP contribution < -0.4 is 10.6 Å². The van der Waals surface area contributed by atoms with Gasteiger partial charge >= 0.3 is 0 Å². The number of hydrogen-bond donors (Lipinski definition) is 4. The lowest BCUT2D eigenvalue weighted by Gasteiger charge is -2.32. The number of nitrogens with one attached hydrogen (secondary N) is 2. The van der Waals surface area contributed by atoms with Gasteiger partial charge in [0.25, 0.3) is 0 Å². The average molecular weight is 306 g/mol. The first-order chi connectivity index (χ1) is 8.79. The summed E-state index contributed by atoms with van der Waals surface area (Å²) >= 11 is 8.48. The second-order valence-corrected chi connectivity index (χ2v) is 5.83. The molecule has 0 aliphatic carbocycles. The predicted octanol–water partition coefficient (Wildman–Crippen LogP) is 1.32. The van der Waals surface area contributed by atoms with Gasteiger partial charge in [-0.15, -0.1) is 0 Å².